The first-order chi connectivity index (χ1) is 9.92. The summed E-state index contributed by atoms with van der Waals surface area (Å²) in [6.45, 7) is 3.52. The number of nitrogens with zero attached hydrogens (tertiary/aromatic N) is 3. The Bertz CT molecular complexity index is 715. The van der Waals surface area contributed by atoms with Gasteiger partial charge in [0.05, 0.1) is 10.5 Å². The van der Waals surface area contributed by atoms with Gasteiger partial charge in [-0.2, -0.15) is 4.37 Å². The first kappa shape index (κ1) is 15.4. The smallest absolute Gasteiger partial charge is 0.335 e. The molecule has 0 amide bonds. The number of benzene rings is 1. The first-order valence-electron chi connectivity index (χ1n) is 5.95. The van der Waals surface area contributed by atoms with Crippen LogP contribution in [0.5, 0.6) is 0 Å². The van der Waals surface area contributed by atoms with Crippen LogP contribution in [0.3, 0.4) is 0 Å². The first-order valence-corrected chi connectivity index (χ1v) is 7.54. The SMILES string of the molecule is CCc1nsc(Sc2cc(C(=O)O)cc([N+](=O)[O-])c2C)n1. The number of hydrogen-bond donors (Lipinski definition) is 1. The van der Waals surface area contributed by atoms with Crippen LogP contribution < -0.4 is 0 Å². The molecule has 0 aliphatic rings. The van der Waals surface area contributed by atoms with Crippen LogP contribution in [-0.4, -0.2) is 25.4 Å². The number of nitro groups is 1. The van der Waals surface area contributed by atoms with E-state index in [1.165, 1.54) is 29.4 Å². The van der Waals surface area contributed by atoms with E-state index in [0.717, 1.165) is 6.07 Å². The van der Waals surface area contributed by atoms with Crippen LogP contribution in [0.4, 0.5) is 5.69 Å². The van der Waals surface area contributed by atoms with Gasteiger partial charge in [-0.15, -0.1) is 0 Å². The molecule has 1 aromatic heterocycles. The van der Waals surface area contributed by atoms with Crippen molar-refractivity contribution in [2.24, 2.45) is 0 Å². The standard InChI is InChI=1S/C12H11N3O4S2/c1-3-10-13-12(21-14-10)20-9-5-7(11(16)17)4-8(6(9)2)15(18)19/h4-5H,3H2,1-2H3,(H,16,17). The van der Waals surface area contributed by atoms with Crippen molar-refractivity contribution in [3.8, 4) is 0 Å². The zero-order chi connectivity index (χ0) is 15.6. The Morgan fingerprint density at radius 1 is 1.52 bits per heavy atom. The second kappa shape index (κ2) is 6.19. The highest BCUT2D eigenvalue weighted by Crippen LogP contribution is 2.36. The number of hydrogen-bond acceptors (Lipinski definition) is 7. The maximum Gasteiger partial charge on any atom is 0.335 e. The van der Waals surface area contributed by atoms with Crippen molar-refractivity contribution in [1.29, 1.82) is 0 Å². The van der Waals surface area contributed by atoms with Gasteiger partial charge in [0.25, 0.3) is 5.69 Å². The number of rotatable bonds is 5. The molecule has 9 heteroatoms. The van der Waals surface area contributed by atoms with Crippen molar-refractivity contribution in [2.45, 2.75) is 29.5 Å². The van der Waals surface area contributed by atoms with Crippen molar-refractivity contribution in [3.63, 3.8) is 0 Å². The monoisotopic (exact) mass is 325 g/mol. The summed E-state index contributed by atoms with van der Waals surface area (Å²) >= 11 is 2.38. The predicted octanol–water partition coefficient (Wildman–Crippen LogP) is 3.17. The molecular formula is C12H11N3O4S2. The van der Waals surface area contributed by atoms with Gasteiger partial charge < -0.3 is 5.11 Å². The van der Waals surface area contributed by atoms with E-state index in [9.17, 15) is 14.9 Å². The lowest BCUT2D eigenvalue weighted by molar-refractivity contribution is -0.385. The average molecular weight is 325 g/mol. The highest BCUT2D eigenvalue weighted by atomic mass is 32.2. The van der Waals surface area contributed by atoms with Gasteiger partial charge in [0, 0.05) is 22.9 Å². The molecule has 0 fully saturated rings. The third-order valence-electron chi connectivity index (χ3n) is 2.74. The van der Waals surface area contributed by atoms with Gasteiger partial charge in [-0.25, -0.2) is 9.78 Å². The number of nitro benzene ring substituents is 1. The van der Waals surface area contributed by atoms with Crippen LogP contribution in [0, 0.1) is 17.0 Å². The van der Waals surface area contributed by atoms with E-state index in [-0.39, 0.29) is 11.3 Å². The van der Waals surface area contributed by atoms with Crippen molar-refractivity contribution < 1.29 is 14.8 Å². The molecule has 1 heterocycles. The molecule has 0 atom stereocenters. The summed E-state index contributed by atoms with van der Waals surface area (Å²) in [5.74, 6) is -0.504. The molecular weight excluding hydrogens is 314 g/mol. The zero-order valence-electron chi connectivity index (χ0n) is 11.2. The van der Waals surface area contributed by atoms with Crippen molar-refractivity contribution >= 4 is 35.0 Å². The summed E-state index contributed by atoms with van der Waals surface area (Å²) in [4.78, 5) is 26.3. The summed E-state index contributed by atoms with van der Waals surface area (Å²) in [7, 11) is 0. The minimum absolute atomic E-state index is 0.116. The fourth-order valence-corrected chi connectivity index (χ4v) is 3.42. The Hall–Kier alpha value is -2.00. The second-order valence-electron chi connectivity index (χ2n) is 4.11. The molecule has 0 saturated heterocycles. The molecule has 0 spiro atoms. The van der Waals surface area contributed by atoms with E-state index >= 15 is 0 Å². The number of carbonyl (C=O) groups is 1. The highest BCUT2D eigenvalue weighted by molar-refractivity contribution is 8.01. The van der Waals surface area contributed by atoms with Gasteiger partial charge in [0.15, 0.2) is 4.34 Å². The van der Waals surface area contributed by atoms with Gasteiger partial charge in [-0.1, -0.05) is 18.7 Å². The van der Waals surface area contributed by atoms with E-state index < -0.39 is 10.9 Å². The Morgan fingerprint density at radius 3 is 2.76 bits per heavy atom. The van der Waals surface area contributed by atoms with Crippen LogP contribution >= 0.6 is 23.3 Å². The molecule has 1 aromatic carbocycles. The summed E-state index contributed by atoms with van der Waals surface area (Å²) in [5, 5.41) is 20.1. The van der Waals surface area contributed by atoms with Gasteiger partial charge in [-0.05, 0) is 24.5 Å². The molecule has 110 valence electrons. The van der Waals surface area contributed by atoms with E-state index in [0.29, 0.717) is 27.0 Å². The van der Waals surface area contributed by atoms with Crippen LogP contribution in [0.2, 0.25) is 0 Å². The Kier molecular flexibility index (Phi) is 4.53. The van der Waals surface area contributed by atoms with Crippen LogP contribution in [0.25, 0.3) is 0 Å². The van der Waals surface area contributed by atoms with Crippen LogP contribution in [0.1, 0.15) is 28.7 Å². The molecule has 0 saturated carbocycles. The normalized spacial score (nSPS) is 10.6. The third kappa shape index (κ3) is 3.37. The minimum Gasteiger partial charge on any atom is -0.478 e. The Morgan fingerprint density at radius 2 is 2.24 bits per heavy atom. The maximum absolute atomic E-state index is 11.1. The number of aromatic nitrogens is 2. The quantitative estimate of drug-likeness (QED) is 0.664. The zero-order valence-corrected chi connectivity index (χ0v) is 12.8. The lowest BCUT2D eigenvalue weighted by Crippen LogP contribution is -2.01. The summed E-state index contributed by atoms with van der Waals surface area (Å²) in [6.07, 6.45) is 0.700. The molecule has 0 aliphatic heterocycles. The van der Waals surface area contributed by atoms with E-state index in [4.69, 9.17) is 5.11 Å². The van der Waals surface area contributed by atoms with Crippen molar-refractivity contribution in [2.75, 3.05) is 0 Å². The minimum atomic E-state index is -1.20. The van der Waals surface area contributed by atoms with Crippen LogP contribution in [-0.2, 0) is 6.42 Å². The largest absolute Gasteiger partial charge is 0.478 e. The van der Waals surface area contributed by atoms with Crippen molar-refractivity contribution in [3.05, 3.63) is 39.2 Å². The fraction of sp³-hybridized carbons (Fsp3) is 0.250. The topological polar surface area (TPSA) is 106 Å². The van der Waals surface area contributed by atoms with E-state index in [1.807, 2.05) is 6.92 Å². The fourth-order valence-electron chi connectivity index (χ4n) is 1.61. The summed E-state index contributed by atoms with van der Waals surface area (Å²) < 4.78 is 4.77. The molecule has 1 N–H and O–H groups in total. The maximum atomic E-state index is 11.1. The lowest BCUT2D eigenvalue weighted by Gasteiger charge is -2.06. The molecule has 0 aliphatic carbocycles. The average Bonchev–Trinajstić information content (AvgIpc) is 2.88. The third-order valence-corrected chi connectivity index (χ3v) is 4.67. The molecule has 7 nitrogen and oxygen atoms in total. The number of aryl methyl sites for hydroxylation is 1. The van der Waals surface area contributed by atoms with Crippen LogP contribution in [0.15, 0.2) is 21.4 Å². The van der Waals surface area contributed by atoms with Crippen molar-refractivity contribution in [1.82, 2.24) is 9.36 Å². The molecule has 2 rings (SSSR count). The number of carboxylic acids is 1. The van der Waals surface area contributed by atoms with Gasteiger partial charge in [-0.3, -0.25) is 10.1 Å². The summed E-state index contributed by atoms with van der Waals surface area (Å²) in [5.41, 5.74) is 0.0934. The van der Waals surface area contributed by atoms with E-state index in [2.05, 4.69) is 9.36 Å². The highest BCUT2D eigenvalue weighted by Gasteiger charge is 2.20. The predicted molar refractivity (Wildman–Crippen MR) is 78.2 cm³/mol. The molecule has 0 unspecified atom stereocenters. The molecule has 0 bridgehead atoms. The Labute approximate surface area is 128 Å². The second-order valence-corrected chi connectivity index (χ2v) is 6.15. The van der Waals surface area contributed by atoms with E-state index in [1.54, 1.807) is 6.92 Å². The van der Waals surface area contributed by atoms with Gasteiger partial charge in [0.2, 0.25) is 0 Å². The molecule has 21 heavy (non-hydrogen) atoms. The number of aromatic carboxylic acids is 1. The Balaban J connectivity index is 2.46. The lowest BCUT2D eigenvalue weighted by atomic mass is 10.1. The van der Waals surface area contributed by atoms with Gasteiger partial charge >= 0.3 is 5.97 Å². The molecule has 0 radical (unpaired) electrons. The number of carboxylic acid groups (broad SMARTS) is 1. The van der Waals surface area contributed by atoms with Gasteiger partial charge in [0.1, 0.15) is 5.82 Å². The molecule has 2 aromatic rings. The summed E-state index contributed by atoms with van der Waals surface area (Å²) in [6, 6.07) is 2.49.